The van der Waals surface area contributed by atoms with Crippen LogP contribution in [0, 0.1) is 0 Å². The molecular weight excluding hydrogens is 266 g/mol. The van der Waals surface area contributed by atoms with E-state index in [1.165, 1.54) is 36.6 Å². The SMILES string of the molecule is CCNC1(c2nc(C(C)C)cs2)CCN(C(C)C)CC1. The van der Waals surface area contributed by atoms with Crippen LogP contribution >= 0.6 is 11.3 Å². The van der Waals surface area contributed by atoms with E-state index >= 15 is 0 Å². The van der Waals surface area contributed by atoms with Gasteiger partial charge in [0.25, 0.3) is 0 Å². The molecule has 114 valence electrons. The molecule has 1 aliphatic heterocycles. The van der Waals surface area contributed by atoms with Crippen molar-refractivity contribution in [2.75, 3.05) is 19.6 Å². The summed E-state index contributed by atoms with van der Waals surface area (Å²) in [6, 6.07) is 0.650. The molecule has 0 amide bonds. The van der Waals surface area contributed by atoms with Crippen LogP contribution in [-0.2, 0) is 5.54 Å². The van der Waals surface area contributed by atoms with Crippen LogP contribution in [0.3, 0.4) is 0 Å². The Hall–Kier alpha value is -0.450. The Morgan fingerprint density at radius 1 is 1.30 bits per heavy atom. The Bertz CT molecular complexity index is 417. The van der Waals surface area contributed by atoms with Gasteiger partial charge in [-0.3, -0.25) is 0 Å². The molecule has 1 N–H and O–H groups in total. The van der Waals surface area contributed by atoms with Gasteiger partial charge in [-0.2, -0.15) is 0 Å². The van der Waals surface area contributed by atoms with Crippen molar-refractivity contribution >= 4 is 11.3 Å². The van der Waals surface area contributed by atoms with E-state index < -0.39 is 0 Å². The number of likely N-dealkylation sites (tertiary alicyclic amines) is 1. The number of piperidine rings is 1. The van der Waals surface area contributed by atoms with Gasteiger partial charge in [0.15, 0.2) is 0 Å². The topological polar surface area (TPSA) is 28.2 Å². The van der Waals surface area contributed by atoms with Crippen molar-refractivity contribution in [3.8, 4) is 0 Å². The van der Waals surface area contributed by atoms with Gasteiger partial charge in [0.2, 0.25) is 0 Å². The normalized spacial score (nSPS) is 19.9. The molecule has 1 saturated heterocycles. The van der Waals surface area contributed by atoms with Crippen molar-refractivity contribution in [1.82, 2.24) is 15.2 Å². The average molecular weight is 295 g/mol. The molecule has 1 fully saturated rings. The van der Waals surface area contributed by atoms with Gasteiger partial charge < -0.3 is 10.2 Å². The Balaban J connectivity index is 2.18. The zero-order valence-electron chi connectivity index (χ0n) is 13.6. The number of hydrogen-bond donors (Lipinski definition) is 1. The van der Waals surface area contributed by atoms with Gasteiger partial charge in [0.1, 0.15) is 5.01 Å². The summed E-state index contributed by atoms with van der Waals surface area (Å²) in [4.78, 5) is 7.51. The van der Waals surface area contributed by atoms with Crippen molar-refractivity contribution in [2.24, 2.45) is 0 Å². The summed E-state index contributed by atoms with van der Waals surface area (Å²) >= 11 is 1.84. The van der Waals surface area contributed by atoms with Crippen LogP contribution in [0.5, 0.6) is 0 Å². The predicted molar refractivity (Wildman–Crippen MR) is 87.5 cm³/mol. The highest BCUT2D eigenvalue weighted by Crippen LogP contribution is 2.36. The van der Waals surface area contributed by atoms with Crippen molar-refractivity contribution in [1.29, 1.82) is 0 Å². The molecule has 0 radical (unpaired) electrons. The van der Waals surface area contributed by atoms with Crippen LogP contribution in [0.1, 0.15) is 64.1 Å². The molecule has 1 aromatic rings. The summed E-state index contributed by atoms with van der Waals surface area (Å²) in [5.74, 6) is 0.523. The Morgan fingerprint density at radius 3 is 2.40 bits per heavy atom. The maximum absolute atomic E-state index is 4.93. The summed E-state index contributed by atoms with van der Waals surface area (Å²) in [5, 5.41) is 7.29. The van der Waals surface area contributed by atoms with Crippen LogP contribution < -0.4 is 5.32 Å². The van der Waals surface area contributed by atoms with E-state index in [4.69, 9.17) is 4.98 Å². The molecule has 1 aromatic heterocycles. The average Bonchev–Trinajstić information content (AvgIpc) is 2.90. The van der Waals surface area contributed by atoms with Crippen molar-refractivity contribution in [3.63, 3.8) is 0 Å². The van der Waals surface area contributed by atoms with Gasteiger partial charge in [-0.25, -0.2) is 4.98 Å². The lowest BCUT2D eigenvalue weighted by atomic mass is 9.87. The lowest BCUT2D eigenvalue weighted by Gasteiger charge is -2.42. The van der Waals surface area contributed by atoms with E-state index in [9.17, 15) is 0 Å². The van der Waals surface area contributed by atoms with Crippen LogP contribution in [0.25, 0.3) is 0 Å². The first-order chi connectivity index (χ1) is 9.48. The molecule has 1 aliphatic rings. The van der Waals surface area contributed by atoms with Crippen molar-refractivity contribution in [3.05, 3.63) is 16.1 Å². The molecule has 2 rings (SSSR count). The Morgan fingerprint density at radius 2 is 1.95 bits per heavy atom. The number of nitrogens with one attached hydrogen (secondary N) is 1. The third-order valence-corrected chi connectivity index (χ3v) is 5.48. The van der Waals surface area contributed by atoms with Crippen molar-refractivity contribution < 1.29 is 0 Å². The van der Waals surface area contributed by atoms with Crippen LogP contribution in [0.2, 0.25) is 0 Å². The van der Waals surface area contributed by atoms with Crippen LogP contribution in [0.4, 0.5) is 0 Å². The second-order valence-corrected chi connectivity index (χ2v) is 7.33. The van der Waals surface area contributed by atoms with Gasteiger partial charge in [0.05, 0.1) is 11.2 Å². The predicted octanol–water partition coefficient (Wildman–Crippen LogP) is 3.58. The fraction of sp³-hybridized carbons (Fsp3) is 0.812. The molecule has 2 heterocycles. The molecular formula is C16H29N3S. The quantitative estimate of drug-likeness (QED) is 0.900. The molecule has 0 saturated carbocycles. The van der Waals surface area contributed by atoms with Crippen LogP contribution in [0.15, 0.2) is 5.38 Å². The van der Waals surface area contributed by atoms with E-state index in [0.717, 1.165) is 6.54 Å². The van der Waals surface area contributed by atoms with E-state index in [-0.39, 0.29) is 5.54 Å². The summed E-state index contributed by atoms with van der Waals surface area (Å²) in [5.41, 5.74) is 1.35. The zero-order chi connectivity index (χ0) is 14.8. The number of rotatable bonds is 5. The first kappa shape index (κ1) is 15.9. The summed E-state index contributed by atoms with van der Waals surface area (Å²) < 4.78 is 0. The fourth-order valence-electron chi connectivity index (χ4n) is 3.00. The van der Waals surface area contributed by atoms with Gasteiger partial charge in [0, 0.05) is 24.5 Å². The minimum atomic E-state index is 0.109. The van der Waals surface area contributed by atoms with E-state index in [2.05, 4.69) is 50.2 Å². The van der Waals surface area contributed by atoms with Gasteiger partial charge >= 0.3 is 0 Å². The Labute approximate surface area is 127 Å². The first-order valence-corrected chi connectivity index (χ1v) is 8.81. The molecule has 0 atom stereocenters. The minimum absolute atomic E-state index is 0.109. The maximum atomic E-state index is 4.93. The highest BCUT2D eigenvalue weighted by molar-refractivity contribution is 7.09. The van der Waals surface area contributed by atoms with Crippen molar-refractivity contribution in [2.45, 2.75) is 65.0 Å². The second kappa shape index (κ2) is 6.54. The molecule has 0 unspecified atom stereocenters. The summed E-state index contributed by atoms with van der Waals surface area (Å²) in [6.45, 7) is 14.6. The maximum Gasteiger partial charge on any atom is 0.113 e. The van der Waals surface area contributed by atoms with E-state index in [1.807, 2.05) is 11.3 Å². The number of aromatic nitrogens is 1. The van der Waals surface area contributed by atoms with E-state index in [1.54, 1.807) is 0 Å². The molecule has 4 heteroatoms. The monoisotopic (exact) mass is 295 g/mol. The first-order valence-electron chi connectivity index (χ1n) is 7.93. The standard InChI is InChI=1S/C16H29N3S/c1-6-17-16(7-9-19(10-8-16)13(4)5)15-18-14(11-20-15)12(2)3/h11-13,17H,6-10H2,1-5H3. The molecule has 0 aliphatic carbocycles. The molecule has 3 nitrogen and oxygen atoms in total. The number of thiazole rings is 1. The molecule has 0 spiro atoms. The molecule has 0 aromatic carbocycles. The fourth-order valence-corrected chi connectivity index (χ4v) is 4.22. The highest BCUT2D eigenvalue weighted by Gasteiger charge is 2.38. The number of nitrogens with zero attached hydrogens (tertiary/aromatic N) is 2. The summed E-state index contributed by atoms with van der Waals surface area (Å²) in [7, 11) is 0. The molecule has 0 bridgehead atoms. The highest BCUT2D eigenvalue weighted by atomic mass is 32.1. The van der Waals surface area contributed by atoms with Gasteiger partial charge in [-0.05, 0) is 39.2 Å². The van der Waals surface area contributed by atoms with Crippen LogP contribution in [-0.4, -0.2) is 35.6 Å². The number of hydrogen-bond acceptors (Lipinski definition) is 4. The smallest absolute Gasteiger partial charge is 0.113 e. The Kier molecular flexibility index (Phi) is 5.21. The third kappa shape index (κ3) is 3.23. The van der Waals surface area contributed by atoms with Gasteiger partial charge in [-0.15, -0.1) is 11.3 Å². The summed E-state index contributed by atoms with van der Waals surface area (Å²) in [6.07, 6.45) is 2.34. The largest absolute Gasteiger partial charge is 0.306 e. The van der Waals surface area contributed by atoms with E-state index in [0.29, 0.717) is 12.0 Å². The lowest BCUT2D eigenvalue weighted by Crippen LogP contribution is -2.52. The lowest BCUT2D eigenvalue weighted by molar-refractivity contribution is 0.110. The molecule has 20 heavy (non-hydrogen) atoms. The zero-order valence-corrected chi connectivity index (χ0v) is 14.4. The second-order valence-electron chi connectivity index (χ2n) is 6.47. The minimum Gasteiger partial charge on any atom is -0.306 e. The van der Waals surface area contributed by atoms with Gasteiger partial charge in [-0.1, -0.05) is 20.8 Å². The third-order valence-electron chi connectivity index (χ3n) is 4.42.